The fourth-order valence-corrected chi connectivity index (χ4v) is 5.02. The van der Waals surface area contributed by atoms with Crippen LogP contribution >= 0.6 is 0 Å². The van der Waals surface area contributed by atoms with Gasteiger partial charge in [-0.05, 0) is 69.4 Å². The van der Waals surface area contributed by atoms with Crippen LogP contribution in [0.2, 0.25) is 0 Å². The molecule has 0 amide bonds. The summed E-state index contributed by atoms with van der Waals surface area (Å²) in [5.41, 5.74) is 8.29. The Morgan fingerprint density at radius 1 is 1.17 bits per heavy atom. The predicted molar refractivity (Wildman–Crippen MR) is 120 cm³/mol. The zero-order valence-corrected chi connectivity index (χ0v) is 18.3. The number of nitrogens with one attached hydrogen (secondary N) is 1. The van der Waals surface area contributed by atoms with Crippen LogP contribution in [-0.4, -0.2) is 27.0 Å². The highest BCUT2D eigenvalue weighted by Gasteiger charge is 2.44. The van der Waals surface area contributed by atoms with Crippen LogP contribution in [0.5, 0.6) is 11.5 Å². The van der Waals surface area contributed by atoms with Gasteiger partial charge in [-0.15, -0.1) is 0 Å². The van der Waals surface area contributed by atoms with Crippen molar-refractivity contribution in [1.82, 2.24) is 9.78 Å². The molecule has 5 rings (SSSR count). The number of aromatic nitrogens is 2. The first-order chi connectivity index (χ1) is 14.3. The first kappa shape index (κ1) is 19.0. The minimum atomic E-state index is -0.375. The Labute approximate surface area is 177 Å². The summed E-state index contributed by atoms with van der Waals surface area (Å²) in [6, 6.07) is 8.52. The summed E-state index contributed by atoms with van der Waals surface area (Å²) in [5, 5.41) is 19.1. The van der Waals surface area contributed by atoms with Crippen molar-refractivity contribution < 1.29 is 9.84 Å². The monoisotopic (exact) mass is 403 g/mol. The van der Waals surface area contributed by atoms with Crippen LogP contribution in [0.25, 0.3) is 11.3 Å². The molecule has 5 heteroatoms. The first-order valence-electron chi connectivity index (χ1n) is 10.7. The predicted octanol–water partition coefficient (Wildman–Crippen LogP) is 5.10. The van der Waals surface area contributed by atoms with Crippen LogP contribution in [0.3, 0.4) is 0 Å². The lowest BCUT2D eigenvalue weighted by molar-refractivity contribution is 0.101. The lowest BCUT2D eigenvalue weighted by atomic mass is 9.83. The number of anilines is 1. The van der Waals surface area contributed by atoms with E-state index >= 15 is 0 Å². The van der Waals surface area contributed by atoms with E-state index in [-0.39, 0.29) is 11.5 Å². The van der Waals surface area contributed by atoms with Gasteiger partial charge < -0.3 is 15.2 Å². The Balaban J connectivity index is 1.52. The van der Waals surface area contributed by atoms with Gasteiger partial charge in [0, 0.05) is 35.5 Å². The lowest BCUT2D eigenvalue weighted by Crippen LogP contribution is -2.33. The average molecular weight is 404 g/mol. The van der Waals surface area contributed by atoms with Crippen molar-refractivity contribution in [3.8, 4) is 22.8 Å². The molecule has 5 nitrogen and oxygen atoms in total. The summed E-state index contributed by atoms with van der Waals surface area (Å²) in [7, 11) is 0. The molecule has 0 saturated carbocycles. The zero-order valence-electron chi connectivity index (χ0n) is 18.3. The van der Waals surface area contributed by atoms with E-state index in [2.05, 4.69) is 43.4 Å². The Hall–Kier alpha value is -2.95. The van der Waals surface area contributed by atoms with Gasteiger partial charge >= 0.3 is 0 Å². The molecule has 3 aromatic rings. The zero-order chi connectivity index (χ0) is 21.2. The third-order valence-corrected chi connectivity index (χ3v) is 6.95. The molecule has 2 N–H and O–H groups in total. The molecule has 0 radical (unpaired) electrons. The standard InChI is InChI=1S/C25H29N3O2/c1-14-15(2)24-21(16(3)23(14)29)19(25(4,5)30-24)13-28-12-10-20(27-28)18-8-6-7-17-9-11-26-22(17)18/h6-8,10,12,19,26,29H,9,11,13H2,1-5H3. The second-order valence-corrected chi connectivity index (χ2v) is 9.16. The van der Waals surface area contributed by atoms with Gasteiger partial charge in [0.2, 0.25) is 0 Å². The van der Waals surface area contributed by atoms with Crippen molar-refractivity contribution >= 4 is 5.69 Å². The minimum absolute atomic E-state index is 0.102. The van der Waals surface area contributed by atoms with E-state index in [0.29, 0.717) is 12.3 Å². The molecule has 1 aromatic heterocycles. The minimum Gasteiger partial charge on any atom is -0.507 e. The largest absolute Gasteiger partial charge is 0.507 e. The average Bonchev–Trinajstić information content (AvgIpc) is 3.43. The molecule has 1 atom stereocenters. The summed E-state index contributed by atoms with van der Waals surface area (Å²) in [4.78, 5) is 0. The molecule has 0 saturated heterocycles. The Kier molecular flexibility index (Phi) is 4.14. The number of nitrogens with zero attached hydrogens (tertiary/aromatic N) is 2. The molecule has 0 bridgehead atoms. The number of fused-ring (bicyclic) bond motifs is 2. The van der Waals surface area contributed by atoms with E-state index in [0.717, 1.165) is 52.2 Å². The number of hydrogen-bond donors (Lipinski definition) is 2. The van der Waals surface area contributed by atoms with Crippen LogP contribution in [-0.2, 0) is 13.0 Å². The maximum Gasteiger partial charge on any atom is 0.127 e. The number of phenolic OH excluding ortho intramolecular Hbond substituents is 1. The number of para-hydroxylation sites is 1. The molecule has 0 aliphatic carbocycles. The number of hydrogen-bond acceptors (Lipinski definition) is 4. The Morgan fingerprint density at radius 2 is 1.97 bits per heavy atom. The fourth-order valence-electron chi connectivity index (χ4n) is 5.02. The number of benzene rings is 2. The second-order valence-electron chi connectivity index (χ2n) is 9.16. The van der Waals surface area contributed by atoms with E-state index in [9.17, 15) is 5.11 Å². The molecular formula is C25H29N3O2. The molecule has 2 aromatic carbocycles. The number of phenols is 1. The summed E-state index contributed by atoms with van der Waals surface area (Å²) >= 11 is 0. The SMILES string of the molecule is Cc1c(C)c2c(c(C)c1O)C(Cn1ccc(-c3cccc4c3NCC4)n1)C(C)(C)O2. The quantitative estimate of drug-likeness (QED) is 0.638. The first-order valence-corrected chi connectivity index (χ1v) is 10.7. The lowest BCUT2D eigenvalue weighted by Gasteiger charge is -2.26. The van der Waals surface area contributed by atoms with Crippen molar-refractivity contribution in [2.75, 3.05) is 11.9 Å². The number of aromatic hydroxyl groups is 1. The topological polar surface area (TPSA) is 59.3 Å². The van der Waals surface area contributed by atoms with E-state index in [4.69, 9.17) is 9.84 Å². The highest BCUT2D eigenvalue weighted by Crippen LogP contribution is 2.52. The molecule has 156 valence electrons. The normalized spacial score (nSPS) is 18.6. The Bertz CT molecular complexity index is 1160. The Morgan fingerprint density at radius 3 is 2.77 bits per heavy atom. The summed E-state index contributed by atoms with van der Waals surface area (Å²) in [6.45, 7) is 11.9. The molecule has 2 aliphatic heterocycles. The molecule has 0 fully saturated rings. The molecule has 3 heterocycles. The maximum atomic E-state index is 10.7. The van der Waals surface area contributed by atoms with Crippen molar-refractivity contribution in [3.05, 3.63) is 58.3 Å². The third-order valence-electron chi connectivity index (χ3n) is 6.95. The maximum absolute atomic E-state index is 10.7. The van der Waals surface area contributed by atoms with Gasteiger partial charge in [0.05, 0.1) is 12.2 Å². The van der Waals surface area contributed by atoms with Crippen LogP contribution in [0, 0.1) is 20.8 Å². The number of ether oxygens (including phenoxy) is 1. The smallest absolute Gasteiger partial charge is 0.127 e. The van der Waals surface area contributed by atoms with Crippen molar-refractivity contribution in [3.63, 3.8) is 0 Å². The highest BCUT2D eigenvalue weighted by molar-refractivity contribution is 5.79. The van der Waals surface area contributed by atoms with Gasteiger partial charge in [0.25, 0.3) is 0 Å². The summed E-state index contributed by atoms with van der Waals surface area (Å²) < 4.78 is 8.43. The van der Waals surface area contributed by atoms with Crippen molar-refractivity contribution in [2.45, 2.75) is 59.1 Å². The van der Waals surface area contributed by atoms with E-state index in [1.54, 1.807) is 0 Å². The van der Waals surface area contributed by atoms with Crippen molar-refractivity contribution in [1.29, 1.82) is 0 Å². The highest BCUT2D eigenvalue weighted by atomic mass is 16.5. The fraction of sp³-hybridized carbons (Fsp3) is 0.400. The molecule has 2 aliphatic rings. The molecule has 30 heavy (non-hydrogen) atoms. The van der Waals surface area contributed by atoms with Crippen LogP contribution in [0.1, 0.15) is 47.6 Å². The van der Waals surface area contributed by atoms with Gasteiger partial charge in [0.15, 0.2) is 0 Å². The summed E-state index contributed by atoms with van der Waals surface area (Å²) in [6.07, 6.45) is 3.11. The van der Waals surface area contributed by atoms with Crippen LogP contribution in [0.15, 0.2) is 30.5 Å². The van der Waals surface area contributed by atoms with Gasteiger partial charge in [-0.1, -0.05) is 18.2 Å². The van der Waals surface area contributed by atoms with Gasteiger partial charge in [-0.2, -0.15) is 5.10 Å². The molecule has 0 spiro atoms. The summed E-state index contributed by atoms with van der Waals surface area (Å²) in [5.74, 6) is 1.41. The van der Waals surface area contributed by atoms with Crippen LogP contribution in [0.4, 0.5) is 5.69 Å². The van der Waals surface area contributed by atoms with Crippen LogP contribution < -0.4 is 10.1 Å². The van der Waals surface area contributed by atoms with Gasteiger partial charge in [-0.3, -0.25) is 4.68 Å². The van der Waals surface area contributed by atoms with Gasteiger partial charge in [-0.25, -0.2) is 0 Å². The third kappa shape index (κ3) is 2.72. The van der Waals surface area contributed by atoms with Gasteiger partial charge in [0.1, 0.15) is 17.1 Å². The number of rotatable bonds is 3. The second kappa shape index (κ2) is 6.53. The van der Waals surface area contributed by atoms with E-state index in [1.807, 2.05) is 31.6 Å². The molecular weight excluding hydrogens is 374 g/mol. The van der Waals surface area contributed by atoms with Crippen molar-refractivity contribution in [2.24, 2.45) is 0 Å². The molecule has 1 unspecified atom stereocenters. The van der Waals surface area contributed by atoms with E-state index in [1.165, 1.54) is 11.3 Å². The van der Waals surface area contributed by atoms with E-state index < -0.39 is 0 Å².